The van der Waals surface area contributed by atoms with E-state index in [9.17, 15) is 4.39 Å². The average Bonchev–Trinajstić information content (AvgIpc) is 2.20. The normalized spacial score (nSPS) is 34.4. The van der Waals surface area contributed by atoms with Gasteiger partial charge in [-0.15, -0.1) is 0 Å². The molecule has 0 bridgehead atoms. The molecule has 1 aliphatic heterocycles. The molecule has 13 heavy (non-hydrogen) atoms. The smallest absolute Gasteiger partial charge is 0.139 e. The number of rotatable bonds is 1. The topological polar surface area (TPSA) is 18.5 Å². The fourth-order valence-electron chi connectivity index (χ4n) is 2.25. The standard InChI is InChI=1S/C10H17FO2/c11-10(4-2-1-3-5-10)9-8-12-6-7-13-9/h9H,1-8H2. The number of hydrogen-bond donors (Lipinski definition) is 0. The Hall–Kier alpha value is -0.150. The molecule has 2 rings (SSSR count). The van der Waals surface area contributed by atoms with Gasteiger partial charge in [0.1, 0.15) is 11.8 Å². The Morgan fingerprint density at radius 2 is 1.85 bits per heavy atom. The summed E-state index contributed by atoms with van der Waals surface area (Å²) in [6.07, 6.45) is 4.16. The maximum Gasteiger partial charge on any atom is 0.139 e. The van der Waals surface area contributed by atoms with Crippen LogP contribution in [0.3, 0.4) is 0 Å². The van der Waals surface area contributed by atoms with Crippen molar-refractivity contribution in [3.8, 4) is 0 Å². The summed E-state index contributed by atoms with van der Waals surface area (Å²) < 4.78 is 24.9. The van der Waals surface area contributed by atoms with Crippen LogP contribution < -0.4 is 0 Å². The van der Waals surface area contributed by atoms with Crippen molar-refractivity contribution in [2.75, 3.05) is 19.8 Å². The second-order valence-electron chi connectivity index (χ2n) is 4.03. The van der Waals surface area contributed by atoms with Gasteiger partial charge in [-0.05, 0) is 12.8 Å². The zero-order valence-electron chi connectivity index (χ0n) is 7.93. The van der Waals surface area contributed by atoms with Gasteiger partial charge in [0.25, 0.3) is 0 Å². The monoisotopic (exact) mass is 188 g/mol. The van der Waals surface area contributed by atoms with Gasteiger partial charge in [-0.1, -0.05) is 19.3 Å². The summed E-state index contributed by atoms with van der Waals surface area (Å²) >= 11 is 0. The largest absolute Gasteiger partial charge is 0.376 e. The first-order valence-electron chi connectivity index (χ1n) is 5.19. The minimum absolute atomic E-state index is 0.304. The predicted octanol–water partition coefficient (Wildman–Crippen LogP) is 2.07. The van der Waals surface area contributed by atoms with E-state index < -0.39 is 5.67 Å². The van der Waals surface area contributed by atoms with Crippen molar-refractivity contribution in [3.63, 3.8) is 0 Å². The highest BCUT2D eigenvalue weighted by molar-refractivity contribution is 4.91. The van der Waals surface area contributed by atoms with Gasteiger partial charge in [0.15, 0.2) is 0 Å². The van der Waals surface area contributed by atoms with E-state index >= 15 is 0 Å². The molecule has 1 aliphatic carbocycles. The highest BCUT2D eigenvalue weighted by Gasteiger charge is 2.41. The fourth-order valence-corrected chi connectivity index (χ4v) is 2.25. The van der Waals surface area contributed by atoms with Crippen molar-refractivity contribution in [1.29, 1.82) is 0 Å². The lowest BCUT2D eigenvalue weighted by Gasteiger charge is -2.38. The van der Waals surface area contributed by atoms with Crippen LogP contribution in [-0.4, -0.2) is 31.6 Å². The molecule has 1 saturated carbocycles. The highest BCUT2D eigenvalue weighted by Crippen LogP contribution is 2.36. The Labute approximate surface area is 78.4 Å². The van der Waals surface area contributed by atoms with Crippen molar-refractivity contribution in [1.82, 2.24) is 0 Å². The molecule has 0 spiro atoms. The second-order valence-corrected chi connectivity index (χ2v) is 4.03. The molecule has 1 heterocycles. The van der Waals surface area contributed by atoms with Crippen LogP contribution in [-0.2, 0) is 9.47 Å². The summed E-state index contributed by atoms with van der Waals surface area (Å²) in [4.78, 5) is 0. The molecule has 3 heteroatoms. The number of alkyl halides is 1. The lowest BCUT2D eigenvalue weighted by molar-refractivity contribution is -0.157. The van der Waals surface area contributed by atoms with Crippen LogP contribution >= 0.6 is 0 Å². The third kappa shape index (κ3) is 2.02. The Morgan fingerprint density at radius 1 is 1.08 bits per heavy atom. The van der Waals surface area contributed by atoms with E-state index in [1.165, 1.54) is 6.42 Å². The predicted molar refractivity (Wildman–Crippen MR) is 47.5 cm³/mol. The highest BCUT2D eigenvalue weighted by atomic mass is 19.1. The molecule has 1 unspecified atom stereocenters. The Kier molecular flexibility index (Phi) is 2.84. The van der Waals surface area contributed by atoms with E-state index in [0.29, 0.717) is 32.7 Å². The van der Waals surface area contributed by atoms with Crippen LogP contribution in [0.5, 0.6) is 0 Å². The van der Waals surface area contributed by atoms with E-state index in [-0.39, 0.29) is 6.10 Å². The number of halogens is 1. The first-order valence-corrected chi connectivity index (χ1v) is 5.19. The molecule has 0 aromatic heterocycles. The summed E-state index contributed by atoms with van der Waals surface area (Å²) in [6, 6.07) is 0. The molecule has 2 aliphatic rings. The van der Waals surface area contributed by atoms with Gasteiger partial charge >= 0.3 is 0 Å². The molecule has 1 atom stereocenters. The Bertz CT molecular complexity index is 160. The van der Waals surface area contributed by atoms with Crippen molar-refractivity contribution in [2.45, 2.75) is 43.9 Å². The van der Waals surface area contributed by atoms with Crippen LogP contribution in [0.4, 0.5) is 4.39 Å². The SMILES string of the molecule is FC1(C2COCCO2)CCCCC1. The van der Waals surface area contributed by atoms with Crippen LogP contribution in [0.2, 0.25) is 0 Å². The zero-order chi connectivity index (χ0) is 9.15. The van der Waals surface area contributed by atoms with E-state index in [1.54, 1.807) is 0 Å². The molecule has 0 amide bonds. The molecule has 0 aromatic carbocycles. The fraction of sp³-hybridized carbons (Fsp3) is 1.00. The van der Waals surface area contributed by atoms with Gasteiger partial charge in [-0.3, -0.25) is 0 Å². The first-order chi connectivity index (χ1) is 6.31. The number of hydrogen-bond acceptors (Lipinski definition) is 2. The van der Waals surface area contributed by atoms with Gasteiger partial charge in [0, 0.05) is 0 Å². The van der Waals surface area contributed by atoms with Crippen molar-refractivity contribution in [2.24, 2.45) is 0 Å². The summed E-state index contributed by atoms with van der Waals surface area (Å²) in [7, 11) is 0. The molecule has 76 valence electrons. The van der Waals surface area contributed by atoms with Crippen LogP contribution in [0.1, 0.15) is 32.1 Å². The summed E-state index contributed by atoms with van der Waals surface area (Å²) in [5.41, 5.74) is -1.10. The molecule has 0 N–H and O–H groups in total. The van der Waals surface area contributed by atoms with Crippen molar-refractivity contribution >= 4 is 0 Å². The Balaban J connectivity index is 1.94. The minimum atomic E-state index is -1.10. The van der Waals surface area contributed by atoms with Crippen LogP contribution in [0.25, 0.3) is 0 Å². The molecule has 0 radical (unpaired) electrons. The van der Waals surface area contributed by atoms with Crippen LogP contribution in [0.15, 0.2) is 0 Å². The van der Waals surface area contributed by atoms with E-state index in [2.05, 4.69) is 0 Å². The average molecular weight is 188 g/mol. The van der Waals surface area contributed by atoms with Gasteiger partial charge in [-0.2, -0.15) is 0 Å². The third-order valence-corrected chi connectivity index (χ3v) is 3.08. The second kappa shape index (κ2) is 3.93. The first kappa shape index (κ1) is 9.41. The Morgan fingerprint density at radius 3 is 2.46 bits per heavy atom. The minimum Gasteiger partial charge on any atom is -0.376 e. The summed E-state index contributed by atoms with van der Waals surface area (Å²) in [5, 5.41) is 0. The van der Waals surface area contributed by atoms with Gasteiger partial charge in [0.05, 0.1) is 19.8 Å². The molecule has 0 aromatic rings. The molecular weight excluding hydrogens is 171 g/mol. The molecule has 2 fully saturated rings. The summed E-state index contributed by atoms with van der Waals surface area (Å²) in [5.74, 6) is 0. The van der Waals surface area contributed by atoms with Gasteiger partial charge in [0.2, 0.25) is 0 Å². The summed E-state index contributed by atoms with van der Waals surface area (Å²) in [6.45, 7) is 1.61. The molecule has 2 nitrogen and oxygen atoms in total. The maximum atomic E-state index is 14.3. The van der Waals surface area contributed by atoms with Gasteiger partial charge in [-0.25, -0.2) is 4.39 Å². The van der Waals surface area contributed by atoms with E-state index in [1.807, 2.05) is 0 Å². The molecule has 1 saturated heterocycles. The van der Waals surface area contributed by atoms with E-state index in [4.69, 9.17) is 9.47 Å². The maximum absolute atomic E-state index is 14.3. The zero-order valence-corrected chi connectivity index (χ0v) is 7.93. The quantitative estimate of drug-likeness (QED) is 0.627. The van der Waals surface area contributed by atoms with Crippen molar-refractivity contribution < 1.29 is 13.9 Å². The van der Waals surface area contributed by atoms with Crippen LogP contribution in [0, 0.1) is 0 Å². The van der Waals surface area contributed by atoms with Gasteiger partial charge < -0.3 is 9.47 Å². The van der Waals surface area contributed by atoms with E-state index in [0.717, 1.165) is 12.8 Å². The lowest BCUT2D eigenvalue weighted by Crippen LogP contribution is -2.47. The third-order valence-electron chi connectivity index (χ3n) is 3.08. The lowest BCUT2D eigenvalue weighted by atomic mass is 9.82. The number of ether oxygens (including phenoxy) is 2. The molecular formula is C10H17FO2. The van der Waals surface area contributed by atoms with Crippen molar-refractivity contribution in [3.05, 3.63) is 0 Å².